The van der Waals surface area contributed by atoms with Gasteiger partial charge >= 0.3 is 12.1 Å². The molecule has 0 heterocycles. The maximum Gasteiger partial charge on any atom is 0.408 e. The lowest BCUT2D eigenvalue weighted by Crippen LogP contribution is -2.46. The van der Waals surface area contributed by atoms with E-state index in [9.17, 15) is 9.59 Å². The molecular formula is C16H32N2O4. The molecule has 1 atom stereocenters. The number of hydrogen-bond donors (Lipinski definition) is 1. The van der Waals surface area contributed by atoms with E-state index in [4.69, 9.17) is 9.47 Å². The fraction of sp³-hybridized carbons (Fsp3) is 0.875. The van der Waals surface area contributed by atoms with Gasteiger partial charge in [-0.1, -0.05) is 0 Å². The Morgan fingerprint density at radius 1 is 1.00 bits per heavy atom. The van der Waals surface area contributed by atoms with Crippen LogP contribution >= 0.6 is 0 Å². The maximum atomic E-state index is 12.2. The first-order chi connectivity index (χ1) is 9.80. The molecule has 22 heavy (non-hydrogen) atoms. The van der Waals surface area contributed by atoms with E-state index in [1.807, 2.05) is 19.0 Å². The summed E-state index contributed by atoms with van der Waals surface area (Å²) < 4.78 is 10.6. The third kappa shape index (κ3) is 11.4. The molecule has 0 aromatic rings. The molecule has 130 valence electrons. The van der Waals surface area contributed by atoms with E-state index < -0.39 is 29.3 Å². The molecule has 0 aliphatic rings. The maximum absolute atomic E-state index is 12.2. The molecule has 0 radical (unpaired) electrons. The van der Waals surface area contributed by atoms with Crippen LogP contribution < -0.4 is 5.32 Å². The summed E-state index contributed by atoms with van der Waals surface area (Å²) in [5.74, 6) is -0.433. The van der Waals surface area contributed by atoms with E-state index in [0.29, 0.717) is 6.42 Å². The minimum Gasteiger partial charge on any atom is -0.458 e. The lowest BCUT2D eigenvalue weighted by molar-refractivity contribution is -0.157. The van der Waals surface area contributed by atoms with E-state index in [2.05, 4.69) is 5.32 Å². The number of nitrogens with zero attached hydrogens (tertiary/aromatic N) is 1. The molecule has 6 heteroatoms. The van der Waals surface area contributed by atoms with Crippen molar-refractivity contribution in [3.63, 3.8) is 0 Å². The van der Waals surface area contributed by atoms with Crippen LogP contribution in [-0.4, -0.2) is 54.8 Å². The zero-order chi connectivity index (χ0) is 17.6. The summed E-state index contributed by atoms with van der Waals surface area (Å²) in [5.41, 5.74) is -1.20. The van der Waals surface area contributed by atoms with Crippen molar-refractivity contribution in [1.29, 1.82) is 0 Å². The summed E-state index contributed by atoms with van der Waals surface area (Å²) in [6.07, 6.45) is 0.673. The Morgan fingerprint density at radius 2 is 1.50 bits per heavy atom. The van der Waals surface area contributed by atoms with Crippen LogP contribution in [0.2, 0.25) is 0 Å². The van der Waals surface area contributed by atoms with Crippen molar-refractivity contribution in [2.45, 2.75) is 71.6 Å². The standard InChI is InChI=1S/C16H32N2O4/c1-15(2,3)21-13(19)12(10-9-11-18(7)8)17-14(20)22-16(4,5)6/h12H,9-11H2,1-8H3,(H,17,20)/t12-/m0/s1. The van der Waals surface area contributed by atoms with Gasteiger partial charge in [-0.05, 0) is 75.0 Å². The highest BCUT2D eigenvalue weighted by Gasteiger charge is 2.28. The van der Waals surface area contributed by atoms with E-state index in [0.717, 1.165) is 13.0 Å². The predicted octanol–water partition coefficient (Wildman–Crippen LogP) is 2.56. The molecular weight excluding hydrogens is 284 g/mol. The van der Waals surface area contributed by atoms with Gasteiger partial charge in [0.2, 0.25) is 0 Å². The summed E-state index contributed by atoms with van der Waals surface area (Å²) in [6, 6.07) is -0.700. The van der Waals surface area contributed by atoms with Crippen LogP contribution in [0.15, 0.2) is 0 Å². The van der Waals surface area contributed by atoms with E-state index in [-0.39, 0.29) is 0 Å². The zero-order valence-corrected chi connectivity index (χ0v) is 15.3. The number of alkyl carbamates (subject to hydrolysis) is 1. The van der Waals surface area contributed by atoms with Crippen molar-refractivity contribution in [2.24, 2.45) is 0 Å². The van der Waals surface area contributed by atoms with Crippen LogP contribution in [0.3, 0.4) is 0 Å². The average molecular weight is 316 g/mol. The van der Waals surface area contributed by atoms with Crippen molar-refractivity contribution in [3.05, 3.63) is 0 Å². The van der Waals surface area contributed by atoms with Gasteiger partial charge in [0.25, 0.3) is 0 Å². The number of ether oxygens (including phenoxy) is 2. The van der Waals surface area contributed by atoms with Crippen LogP contribution in [0.1, 0.15) is 54.4 Å². The zero-order valence-electron chi connectivity index (χ0n) is 15.3. The molecule has 0 aromatic heterocycles. The lowest BCUT2D eigenvalue weighted by Gasteiger charge is -2.26. The molecule has 0 rings (SSSR count). The second kappa shape index (κ2) is 8.36. The van der Waals surface area contributed by atoms with Gasteiger partial charge in [-0.3, -0.25) is 0 Å². The lowest BCUT2D eigenvalue weighted by atomic mass is 10.1. The number of nitrogens with one attached hydrogen (secondary N) is 1. The van der Waals surface area contributed by atoms with Crippen molar-refractivity contribution in [1.82, 2.24) is 10.2 Å². The quantitative estimate of drug-likeness (QED) is 0.763. The first-order valence-electron chi connectivity index (χ1n) is 7.67. The number of carbonyl (C=O) groups excluding carboxylic acids is 2. The Bertz CT molecular complexity index is 367. The van der Waals surface area contributed by atoms with Crippen LogP contribution in [0, 0.1) is 0 Å². The predicted molar refractivity (Wildman–Crippen MR) is 86.8 cm³/mol. The largest absolute Gasteiger partial charge is 0.458 e. The molecule has 0 saturated carbocycles. The number of amides is 1. The van der Waals surface area contributed by atoms with E-state index in [1.54, 1.807) is 41.5 Å². The highest BCUT2D eigenvalue weighted by molar-refractivity contribution is 5.81. The third-order valence-corrected chi connectivity index (χ3v) is 2.48. The molecule has 0 bridgehead atoms. The Kier molecular flexibility index (Phi) is 7.87. The molecule has 6 nitrogen and oxygen atoms in total. The topological polar surface area (TPSA) is 67.9 Å². The van der Waals surface area contributed by atoms with Gasteiger partial charge in [-0.25, -0.2) is 9.59 Å². The molecule has 0 saturated heterocycles. The van der Waals surface area contributed by atoms with Crippen molar-refractivity contribution < 1.29 is 19.1 Å². The molecule has 1 N–H and O–H groups in total. The Hall–Kier alpha value is -1.30. The molecule has 0 aliphatic carbocycles. The van der Waals surface area contributed by atoms with E-state index in [1.165, 1.54) is 0 Å². The van der Waals surface area contributed by atoms with Gasteiger partial charge in [0, 0.05) is 0 Å². The molecule has 0 fully saturated rings. The minimum absolute atomic E-state index is 0.433. The molecule has 1 amide bonds. The summed E-state index contributed by atoms with van der Waals surface area (Å²) in [7, 11) is 3.92. The van der Waals surface area contributed by atoms with Gasteiger partial charge < -0.3 is 19.7 Å². The highest BCUT2D eigenvalue weighted by Crippen LogP contribution is 2.12. The first-order valence-corrected chi connectivity index (χ1v) is 7.67. The average Bonchev–Trinajstić information content (AvgIpc) is 2.21. The smallest absolute Gasteiger partial charge is 0.408 e. The third-order valence-electron chi connectivity index (χ3n) is 2.48. The van der Waals surface area contributed by atoms with E-state index >= 15 is 0 Å². The second-order valence-corrected chi connectivity index (χ2v) is 7.68. The Morgan fingerprint density at radius 3 is 1.91 bits per heavy atom. The number of rotatable bonds is 6. The minimum atomic E-state index is -0.700. The van der Waals surface area contributed by atoms with Gasteiger partial charge in [0.1, 0.15) is 17.2 Å². The summed E-state index contributed by atoms with van der Waals surface area (Å²) in [5, 5.41) is 2.62. The van der Waals surface area contributed by atoms with Gasteiger partial charge in [-0.15, -0.1) is 0 Å². The monoisotopic (exact) mass is 316 g/mol. The normalized spacial score (nSPS) is 13.7. The Balaban J connectivity index is 4.71. The van der Waals surface area contributed by atoms with Crippen molar-refractivity contribution in [2.75, 3.05) is 20.6 Å². The molecule has 0 unspecified atom stereocenters. The van der Waals surface area contributed by atoms with Crippen LogP contribution in [-0.2, 0) is 14.3 Å². The first kappa shape index (κ1) is 20.7. The van der Waals surface area contributed by atoms with Crippen molar-refractivity contribution in [3.8, 4) is 0 Å². The summed E-state index contributed by atoms with van der Waals surface area (Å²) in [6.45, 7) is 11.6. The number of hydrogen-bond acceptors (Lipinski definition) is 5. The summed E-state index contributed by atoms with van der Waals surface area (Å²) in [4.78, 5) is 26.1. The fourth-order valence-electron chi connectivity index (χ4n) is 1.68. The Labute approximate surface area is 134 Å². The van der Waals surface area contributed by atoms with Crippen LogP contribution in [0.5, 0.6) is 0 Å². The van der Waals surface area contributed by atoms with Gasteiger partial charge in [-0.2, -0.15) is 0 Å². The van der Waals surface area contributed by atoms with Crippen LogP contribution in [0.4, 0.5) is 4.79 Å². The highest BCUT2D eigenvalue weighted by atomic mass is 16.6. The summed E-state index contributed by atoms with van der Waals surface area (Å²) >= 11 is 0. The molecule has 0 aliphatic heterocycles. The van der Waals surface area contributed by atoms with Crippen LogP contribution in [0.25, 0.3) is 0 Å². The van der Waals surface area contributed by atoms with Crippen molar-refractivity contribution >= 4 is 12.1 Å². The fourth-order valence-corrected chi connectivity index (χ4v) is 1.68. The van der Waals surface area contributed by atoms with Gasteiger partial charge in [0.15, 0.2) is 0 Å². The van der Waals surface area contributed by atoms with Gasteiger partial charge in [0.05, 0.1) is 0 Å². The molecule has 0 aromatic carbocycles. The SMILES string of the molecule is CN(C)CCC[C@H](NC(=O)OC(C)(C)C)C(=O)OC(C)(C)C. The number of carbonyl (C=O) groups is 2. The number of esters is 1. The molecule has 0 spiro atoms. The second-order valence-electron chi connectivity index (χ2n) is 7.68.